The number of aliphatic imine (C=N–C) groups is 1. The summed E-state index contributed by atoms with van der Waals surface area (Å²) in [4.78, 5) is 11.1. The standard InChI is InChI=1S/C21H25ClFN5/c1-24-21(27-18-13-15(18)20-16(22)5-4-6-17(20)23)26-14-8-11-28(12-9-14)19-7-2-3-10-25-19/h2-7,10,14-15,18H,8-9,11-13H2,1H3,(H2,24,26,27). The topological polar surface area (TPSA) is 52.6 Å². The van der Waals surface area contributed by atoms with E-state index in [0.717, 1.165) is 44.1 Å². The van der Waals surface area contributed by atoms with Gasteiger partial charge in [-0.05, 0) is 43.5 Å². The van der Waals surface area contributed by atoms with Crippen LogP contribution in [0.5, 0.6) is 0 Å². The molecule has 2 atom stereocenters. The van der Waals surface area contributed by atoms with Crippen molar-refractivity contribution in [1.29, 1.82) is 0 Å². The third kappa shape index (κ3) is 4.22. The molecule has 2 aliphatic rings. The zero-order valence-electron chi connectivity index (χ0n) is 15.9. The largest absolute Gasteiger partial charge is 0.356 e. The number of guanidine groups is 1. The molecule has 1 aromatic heterocycles. The van der Waals surface area contributed by atoms with E-state index in [1.54, 1.807) is 19.2 Å². The van der Waals surface area contributed by atoms with E-state index >= 15 is 0 Å². The van der Waals surface area contributed by atoms with Crippen LogP contribution in [0, 0.1) is 5.82 Å². The molecule has 0 radical (unpaired) electrons. The van der Waals surface area contributed by atoms with Crippen molar-refractivity contribution in [3.63, 3.8) is 0 Å². The Hall–Kier alpha value is -2.34. The van der Waals surface area contributed by atoms with Crippen LogP contribution in [0.2, 0.25) is 5.02 Å². The summed E-state index contributed by atoms with van der Waals surface area (Å²) >= 11 is 6.20. The van der Waals surface area contributed by atoms with Gasteiger partial charge < -0.3 is 15.5 Å². The molecular weight excluding hydrogens is 377 g/mol. The van der Waals surface area contributed by atoms with Gasteiger partial charge in [-0.3, -0.25) is 4.99 Å². The van der Waals surface area contributed by atoms with Crippen LogP contribution in [0.25, 0.3) is 0 Å². The van der Waals surface area contributed by atoms with E-state index in [9.17, 15) is 4.39 Å². The Kier molecular flexibility index (Phi) is 5.67. The average molecular weight is 402 g/mol. The van der Waals surface area contributed by atoms with Crippen LogP contribution < -0.4 is 15.5 Å². The van der Waals surface area contributed by atoms with E-state index in [1.165, 1.54) is 6.07 Å². The minimum Gasteiger partial charge on any atom is -0.356 e. The lowest BCUT2D eigenvalue weighted by Gasteiger charge is -2.33. The second-order valence-electron chi connectivity index (χ2n) is 7.39. The fourth-order valence-corrected chi connectivity index (χ4v) is 4.18. The molecule has 0 amide bonds. The highest BCUT2D eigenvalue weighted by atomic mass is 35.5. The molecule has 2 aromatic rings. The van der Waals surface area contributed by atoms with E-state index < -0.39 is 0 Å². The fraction of sp³-hybridized carbons (Fsp3) is 0.429. The van der Waals surface area contributed by atoms with E-state index in [1.807, 2.05) is 18.3 Å². The maximum atomic E-state index is 14.1. The Morgan fingerprint density at radius 3 is 2.68 bits per heavy atom. The highest BCUT2D eigenvalue weighted by molar-refractivity contribution is 6.31. The number of nitrogens with zero attached hydrogens (tertiary/aromatic N) is 3. The van der Waals surface area contributed by atoms with Gasteiger partial charge in [0.2, 0.25) is 0 Å². The van der Waals surface area contributed by atoms with E-state index in [-0.39, 0.29) is 17.8 Å². The summed E-state index contributed by atoms with van der Waals surface area (Å²) in [5.41, 5.74) is 0.612. The number of halogens is 2. The van der Waals surface area contributed by atoms with Gasteiger partial charge in [-0.15, -0.1) is 0 Å². The summed E-state index contributed by atoms with van der Waals surface area (Å²) in [6.07, 6.45) is 4.73. The van der Waals surface area contributed by atoms with Crippen molar-refractivity contribution >= 4 is 23.4 Å². The number of benzene rings is 1. The van der Waals surface area contributed by atoms with Gasteiger partial charge in [0.15, 0.2) is 5.96 Å². The zero-order valence-corrected chi connectivity index (χ0v) is 16.7. The normalized spacial score (nSPS) is 22.8. The molecule has 1 saturated carbocycles. The Bertz CT molecular complexity index is 816. The molecule has 0 bridgehead atoms. The quantitative estimate of drug-likeness (QED) is 0.607. The number of rotatable bonds is 4. The van der Waals surface area contributed by atoms with Crippen LogP contribution in [-0.2, 0) is 0 Å². The lowest BCUT2D eigenvalue weighted by molar-refractivity contribution is 0.459. The molecule has 2 heterocycles. The molecule has 0 spiro atoms. The fourth-order valence-electron chi connectivity index (χ4n) is 3.87. The minimum absolute atomic E-state index is 0.0956. The van der Waals surface area contributed by atoms with Crippen molar-refractivity contribution in [2.24, 2.45) is 4.99 Å². The van der Waals surface area contributed by atoms with Crippen molar-refractivity contribution in [2.75, 3.05) is 25.0 Å². The molecule has 2 fully saturated rings. The number of hydrogen-bond donors (Lipinski definition) is 2. The summed E-state index contributed by atoms with van der Waals surface area (Å²) in [6.45, 7) is 1.92. The molecule has 1 saturated heterocycles. The predicted molar refractivity (Wildman–Crippen MR) is 112 cm³/mol. The molecule has 4 rings (SSSR count). The van der Waals surface area contributed by atoms with Crippen molar-refractivity contribution < 1.29 is 4.39 Å². The van der Waals surface area contributed by atoms with Gasteiger partial charge in [0.05, 0.1) is 0 Å². The molecule has 1 aliphatic carbocycles. The molecule has 5 nitrogen and oxygen atoms in total. The van der Waals surface area contributed by atoms with E-state index in [4.69, 9.17) is 11.6 Å². The van der Waals surface area contributed by atoms with Gasteiger partial charge >= 0.3 is 0 Å². The summed E-state index contributed by atoms with van der Waals surface area (Å²) in [5.74, 6) is 1.67. The number of aromatic nitrogens is 1. The van der Waals surface area contributed by atoms with Crippen molar-refractivity contribution in [2.45, 2.75) is 37.3 Å². The molecule has 148 valence electrons. The highest BCUT2D eigenvalue weighted by Gasteiger charge is 2.42. The van der Waals surface area contributed by atoms with Crippen molar-refractivity contribution in [3.05, 3.63) is 59.0 Å². The van der Waals surface area contributed by atoms with Gasteiger partial charge in [-0.1, -0.05) is 23.7 Å². The predicted octanol–water partition coefficient (Wildman–Crippen LogP) is 3.56. The van der Waals surface area contributed by atoms with Crippen molar-refractivity contribution in [3.8, 4) is 0 Å². The lowest BCUT2D eigenvalue weighted by Crippen LogP contribution is -2.49. The summed E-state index contributed by atoms with van der Waals surface area (Å²) < 4.78 is 14.1. The summed E-state index contributed by atoms with van der Waals surface area (Å²) in [7, 11) is 1.77. The zero-order chi connectivity index (χ0) is 19.5. The van der Waals surface area contributed by atoms with Crippen LogP contribution in [0.3, 0.4) is 0 Å². The highest BCUT2D eigenvalue weighted by Crippen LogP contribution is 2.44. The molecule has 2 N–H and O–H groups in total. The Morgan fingerprint density at radius 1 is 1.18 bits per heavy atom. The van der Waals surface area contributed by atoms with Crippen LogP contribution in [-0.4, -0.2) is 43.2 Å². The SMILES string of the molecule is CN=C(NC1CCN(c2ccccn2)CC1)NC1CC1c1c(F)cccc1Cl. The average Bonchev–Trinajstić information content (AvgIpc) is 3.47. The van der Waals surface area contributed by atoms with Gasteiger partial charge in [0.1, 0.15) is 11.6 Å². The number of nitrogens with one attached hydrogen (secondary N) is 2. The number of pyridine rings is 1. The molecule has 28 heavy (non-hydrogen) atoms. The van der Waals surface area contributed by atoms with E-state index in [2.05, 4.69) is 31.6 Å². The van der Waals surface area contributed by atoms with Gasteiger partial charge in [-0.25, -0.2) is 9.37 Å². The third-order valence-corrected chi connectivity index (χ3v) is 5.85. The number of hydrogen-bond acceptors (Lipinski definition) is 3. The first-order valence-electron chi connectivity index (χ1n) is 9.75. The molecule has 1 aromatic carbocycles. The van der Waals surface area contributed by atoms with Crippen molar-refractivity contribution in [1.82, 2.24) is 15.6 Å². The number of anilines is 1. The van der Waals surface area contributed by atoms with Gasteiger partial charge in [-0.2, -0.15) is 0 Å². The first kappa shape index (κ1) is 19.0. The van der Waals surface area contributed by atoms with E-state index in [0.29, 0.717) is 16.6 Å². The Balaban J connectivity index is 1.29. The van der Waals surface area contributed by atoms with Crippen LogP contribution in [0.4, 0.5) is 10.2 Å². The second kappa shape index (κ2) is 8.35. The monoisotopic (exact) mass is 401 g/mol. The van der Waals surface area contributed by atoms with Gasteiger partial charge in [0.25, 0.3) is 0 Å². The first-order valence-corrected chi connectivity index (χ1v) is 10.1. The Morgan fingerprint density at radius 2 is 2.00 bits per heavy atom. The maximum Gasteiger partial charge on any atom is 0.191 e. The van der Waals surface area contributed by atoms with Crippen LogP contribution >= 0.6 is 11.6 Å². The molecule has 1 aliphatic heterocycles. The minimum atomic E-state index is -0.230. The molecular formula is C21H25ClFN5. The summed E-state index contributed by atoms with van der Waals surface area (Å²) in [6, 6.07) is 11.4. The first-order chi connectivity index (χ1) is 13.7. The van der Waals surface area contributed by atoms with Crippen LogP contribution in [0.1, 0.15) is 30.7 Å². The Labute approximate surface area is 170 Å². The second-order valence-corrected chi connectivity index (χ2v) is 7.80. The van der Waals surface area contributed by atoms with Crippen LogP contribution in [0.15, 0.2) is 47.6 Å². The molecule has 7 heteroatoms. The maximum absolute atomic E-state index is 14.1. The third-order valence-electron chi connectivity index (χ3n) is 5.52. The lowest BCUT2D eigenvalue weighted by atomic mass is 10.1. The summed E-state index contributed by atoms with van der Waals surface area (Å²) in [5, 5.41) is 7.44. The molecule has 2 unspecified atom stereocenters. The number of piperidine rings is 1. The smallest absolute Gasteiger partial charge is 0.191 e. The van der Waals surface area contributed by atoms with Gasteiger partial charge in [0, 0.05) is 54.9 Å².